The second-order valence-corrected chi connectivity index (χ2v) is 13.3. The van der Waals surface area contributed by atoms with Crippen LogP contribution in [0.2, 0.25) is 0 Å². The number of carbonyl (C=O) groups is 2. The van der Waals surface area contributed by atoms with Gasteiger partial charge in [-0.05, 0) is 107 Å². The highest BCUT2D eigenvalue weighted by Gasteiger charge is 2.28. The third-order valence-electron chi connectivity index (χ3n) is 8.33. The van der Waals surface area contributed by atoms with Crippen LogP contribution in [0, 0.1) is 25.7 Å². The van der Waals surface area contributed by atoms with E-state index in [2.05, 4.69) is 27.1 Å². The molecule has 51 heavy (non-hydrogen) atoms. The topological polar surface area (TPSA) is 124 Å². The van der Waals surface area contributed by atoms with Crippen LogP contribution in [0.1, 0.15) is 50.2 Å². The highest BCUT2D eigenvalue weighted by Crippen LogP contribution is 2.36. The lowest BCUT2D eigenvalue weighted by atomic mass is 10.0. The summed E-state index contributed by atoms with van der Waals surface area (Å²) < 4.78 is 12.9. The van der Waals surface area contributed by atoms with Gasteiger partial charge < -0.3 is 14.8 Å². The second kappa shape index (κ2) is 13.9. The Morgan fingerprint density at radius 1 is 0.941 bits per heavy atom. The highest BCUT2D eigenvalue weighted by molar-refractivity contribution is 5.96. The Morgan fingerprint density at radius 3 is 2.49 bits per heavy atom. The van der Waals surface area contributed by atoms with Crippen LogP contribution in [0.3, 0.4) is 0 Å². The summed E-state index contributed by atoms with van der Waals surface area (Å²) in [6, 6.07) is 18.4. The molecule has 1 aromatic carbocycles. The Balaban J connectivity index is 1.47. The molecule has 0 aliphatic heterocycles. The molecule has 0 bridgehead atoms. The van der Waals surface area contributed by atoms with Gasteiger partial charge in [0.2, 0.25) is 11.8 Å². The van der Waals surface area contributed by atoms with Crippen LogP contribution in [0.15, 0.2) is 79.3 Å². The molecule has 0 saturated carbocycles. The number of rotatable bonds is 6. The minimum Gasteiger partial charge on any atom is -0.481 e. The zero-order valence-corrected chi connectivity index (χ0v) is 29.9. The number of imidazole rings is 1. The van der Waals surface area contributed by atoms with Gasteiger partial charge >= 0.3 is 6.09 Å². The molecule has 2 amide bonds. The Kier molecular flexibility index (Phi) is 9.44. The largest absolute Gasteiger partial charge is 0.481 e. The normalized spacial score (nSPS) is 11.8. The van der Waals surface area contributed by atoms with E-state index >= 15 is 0 Å². The maximum absolute atomic E-state index is 13.4. The van der Waals surface area contributed by atoms with Crippen LogP contribution in [0.4, 0.5) is 10.6 Å². The van der Waals surface area contributed by atoms with Gasteiger partial charge in [0.25, 0.3) is 0 Å². The van der Waals surface area contributed by atoms with E-state index in [4.69, 9.17) is 19.4 Å². The number of likely N-dealkylation sites (N-methyl/N-ethyl adjacent to an activating group) is 1. The van der Waals surface area contributed by atoms with E-state index in [9.17, 15) is 9.59 Å². The molecule has 1 N–H and O–H groups in total. The van der Waals surface area contributed by atoms with Gasteiger partial charge in [0.15, 0.2) is 0 Å². The van der Waals surface area contributed by atoms with Gasteiger partial charge in [0.05, 0.1) is 18.5 Å². The Labute approximate surface area is 296 Å². The fourth-order valence-corrected chi connectivity index (χ4v) is 5.53. The first kappa shape index (κ1) is 34.6. The Hall–Kier alpha value is -6.28. The van der Waals surface area contributed by atoms with Crippen molar-refractivity contribution in [3.8, 4) is 40.2 Å². The molecule has 5 aromatic heterocycles. The van der Waals surface area contributed by atoms with Crippen LogP contribution < -0.4 is 10.1 Å². The van der Waals surface area contributed by atoms with E-state index < -0.39 is 23.6 Å². The number of carbonyl (C=O) groups excluding carboxylic acids is 2. The van der Waals surface area contributed by atoms with Crippen molar-refractivity contribution in [1.29, 1.82) is 0 Å². The smallest absolute Gasteiger partial charge is 0.410 e. The fourth-order valence-electron chi connectivity index (χ4n) is 5.53. The molecule has 0 fully saturated rings. The van der Waals surface area contributed by atoms with Gasteiger partial charge in [0.1, 0.15) is 28.8 Å². The fraction of sp³-hybridized carbons (Fsp3) is 0.250. The predicted molar refractivity (Wildman–Crippen MR) is 197 cm³/mol. The molecule has 0 saturated heterocycles. The van der Waals surface area contributed by atoms with Crippen molar-refractivity contribution < 1.29 is 19.1 Å². The number of hydrogen-bond acceptors (Lipinski definition) is 8. The summed E-state index contributed by atoms with van der Waals surface area (Å²) in [7, 11) is 3.09. The second-order valence-electron chi connectivity index (χ2n) is 13.3. The maximum Gasteiger partial charge on any atom is 0.410 e. The molecule has 6 rings (SSSR count). The first-order chi connectivity index (χ1) is 24.3. The van der Waals surface area contributed by atoms with Crippen LogP contribution >= 0.6 is 0 Å². The van der Waals surface area contributed by atoms with Crippen molar-refractivity contribution in [2.45, 2.75) is 53.2 Å². The third kappa shape index (κ3) is 7.50. The van der Waals surface area contributed by atoms with Crippen molar-refractivity contribution >= 4 is 34.2 Å². The van der Waals surface area contributed by atoms with E-state index in [-0.39, 0.29) is 5.82 Å². The molecule has 0 aliphatic rings. The summed E-state index contributed by atoms with van der Waals surface area (Å²) in [5.41, 5.74) is 6.17. The molecule has 0 radical (unpaired) electrons. The molecule has 1 atom stereocenters. The van der Waals surface area contributed by atoms with Crippen molar-refractivity contribution in [2.75, 3.05) is 19.5 Å². The van der Waals surface area contributed by atoms with Crippen molar-refractivity contribution in [1.82, 2.24) is 29.2 Å². The van der Waals surface area contributed by atoms with E-state index in [1.165, 1.54) is 11.9 Å². The maximum atomic E-state index is 13.4. The SMILES string of the molecule is COc1cc(-c2nc3cc(C)ccn3c2-c2ccc(NC(=O)C(C)N(C)C(=O)OC(C)(C)C)nc2C#Cc2ccc3c(C)nccc3c2)ccn1. The molecule has 1 unspecified atom stereocenters. The number of methoxy groups -OCH3 is 1. The number of ether oxygens (including phenoxy) is 2. The number of hydrogen-bond donors (Lipinski definition) is 1. The summed E-state index contributed by atoms with van der Waals surface area (Å²) in [6.45, 7) is 10.9. The molecule has 6 aromatic rings. The molecule has 0 aliphatic carbocycles. The average Bonchev–Trinajstić information content (AvgIpc) is 3.47. The van der Waals surface area contributed by atoms with Gasteiger partial charge in [-0.25, -0.2) is 19.7 Å². The molecular formula is C40H39N7O4. The quantitative estimate of drug-likeness (QED) is 0.183. The molecular weight excluding hydrogens is 642 g/mol. The number of benzene rings is 1. The highest BCUT2D eigenvalue weighted by atomic mass is 16.6. The standard InChI is InChI=1S/C40H39N7O4/c1-24-17-20-47-34(21-24)45-36(29-16-19-42-35(23-29)50-8)37(47)31-12-14-33(44-38(48)26(3)46(7)39(49)51-40(4,5)6)43-32(31)13-10-27-9-11-30-25(2)41-18-15-28(30)22-27/h9,11-12,14-23,26H,1-8H3,(H,43,44,48). The van der Waals surface area contributed by atoms with Crippen molar-refractivity contribution in [3.63, 3.8) is 0 Å². The average molecular weight is 682 g/mol. The zero-order chi connectivity index (χ0) is 36.4. The minimum absolute atomic E-state index is 0.273. The first-order valence-corrected chi connectivity index (χ1v) is 16.5. The summed E-state index contributed by atoms with van der Waals surface area (Å²) in [4.78, 5) is 45.9. The number of pyridine rings is 4. The van der Waals surface area contributed by atoms with Crippen LogP contribution in [0.25, 0.3) is 38.9 Å². The van der Waals surface area contributed by atoms with Crippen LogP contribution in [0.5, 0.6) is 5.88 Å². The summed E-state index contributed by atoms with van der Waals surface area (Å²) in [6.07, 6.45) is 4.82. The van der Waals surface area contributed by atoms with E-state index in [1.54, 1.807) is 53.3 Å². The zero-order valence-electron chi connectivity index (χ0n) is 29.9. The summed E-state index contributed by atoms with van der Waals surface area (Å²) in [5, 5.41) is 4.94. The van der Waals surface area contributed by atoms with Crippen molar-refractivity contribution in [3.05, 3.63) is 102 Å². The number of nitrogens with zero attached hydrogens (tertiary/aromatic N) is 6. The molecule has 11 heteroatoms. The first-order valence-electron chi connectivity index (χ1n) is 16.5. The van der Waals surface area contributed by atoms with Crippen LogP contribution in [-0.2, 0) is 9.53 Å². The van der Waals surface area contributed by atoms with Gasteiger partial charge in [-0.15, -0.1) is 0 Å². The number of fused-ring (bicyclic) bond motifs is 2. The number of nitrogens with one attached hydrogen (secondary N) is 1. The summed E-state index contributed by atoms with van der Waals surface area (Å²) in [5.74, 6) is 6.88. The van der Waals surface area contributed by atoms with Crippen molar-refractivity contribution in [2.24, 2.45) is 0 Å². The predicted octanol–water partition coefficient (Wildman–Crippen LogP) is 7.23. The number of aromatic nitrogens is 5. The number of amides is 2. The number of anilines is 1. The van der Waals surface area contributed by atoms with Crippen LogP contribution in [-0.4, -0.2) is 67.0 Å². The van der Waals surface area contributed by atoms with Gasteiger partial charge in [-0.1, -0.05) is 12.0 Å². The monoisotopic (exact) mass is 681 g/mol. The third-order valence-corrected chi connectivity index (χ3v) is 8.33. The lowest BCUT2D eigenvalue weighted by molar-refractivity contribution is -0.120. The van der Waals surface area contributed by atoms with Gasteiger partial charge in [0, 0.05) is 59.5 Å². The van der Waals surface area contributed by atoms with E-state index in [1.807, 2.05) is 79.0 Å². The minimum atomic E-state index is -0.846. The Morgan fingerprint density at radius 2 is 1.73 bits per heavy atom. The number of aryl methyl sites for hydroxylation is 2. The molecule has 258 valence electrons. The lowest BCUT2D eigenvalue weighted by Crippen LogP contribution is -2.45. The van der Waals surface area contributed by atoms with Gasteiger partial charge in [-0.3, -0.25) is 19.1 Å². The molecule has 0 spiro atoms. The molecule has 5 heterocycles. The lowest BCUT2D eigenvalue weighted by Gasteiger charge is -2.28. The van der Waals surface area contributed by atoms with Gasteiger partial charge in [-0.2, -0.15) is 0 Å². The Bertz CT molecular complexity index is 2370. The van der Waals surface area contributed by atoms with E-state index in [0.29, 0.717) is 22.8 Å². The molecule has 11 nitrogen and oxygen atoms in total. The summed E-state index contributed by atoms with van der Waals surface area (Å²) >= 11 is 0. The van der Waals surface area contributed by atoms with E-state index in [0.717, 1.165) is 44.5 Å².